The minimum absolute atomic E-state index is 0.0320. The summed E-state index contributed by atoms with van der Waals surface area (Å²) < 4.78 is 44.9. The zero-order valence-electron chi connectivity index (χ0n) is 23.9. The monoisotopic (exact) mass is 612 g/mol. The number of sulfonamides is 1. The van der Waals surface area contributed by atoms with Crippen molar-refractivity contribution >= 4 is 27.0 Å². The van der Waals surface area contributed by atoms with Gasteiger partial charge in [0.2, 0.25) is 10.0 Å². The molecule has 1 saturated heterocycles. The van der Waals surface area contributed by atoms with Gasteiger partial charge >= 0.3 is 0 Å². The SMILES string of the molecule is COCCS(=O)(=O)NCc1nc(NCC(c2ccccc2)c2ccccc2)c2ncn(C3OC(COC)C(O)C3O)c2n1. The number of fused-ring (bicyclic) bond motifs is 1. The van der Waals surface area contributed by atoms with Gasteiger partial charge < -0.3 is 29.7 Å². The lowest BCUT2D eigenvalue weighted by Gasteiger charge is -2.20. The first-order valence-electron chi connectivity index (χ1n) is 13.8. The molecule has 4 unspecified atom stereocenters. The van der Waals surface area contributed by atoms with E-state index in [2.05, 4.69) is 49.3 Å². The van der Waals surface area contributed by atoms with E-state index in [0.29, 0.717) is 23.5 Å². The highest BCUT2D eigenvalue weighted by Gasteiger charge is 2.44. The zero-order valence-corrected chi connectivity index (χ0v) is 24.7. The number of benzene rings is 2. The average molecular weight is 613 g/mol. The summed E-state index contributed by atoms with van der Waals surface area (Å²) in [4.78, 5) is 13.7. The predicted octanol–water partition coefficient (Wildman–Crippen LogP) is 1.40. The van der Waals surface area contributed by atoms with Crippen LogP contribution < -0.4 is 10.0 Å². The predicted molar refractivity (Wildman–Crippen MR) is 159 cm³/mol. The molecule has 4 atom stereocenters. The Morgan fingerprint density at radius 1 is 0.977 bits per heavy atom. The Balaban J connectivity index is 1.50. The molecule has 1 aliphatic heterocycles. The Morgan fingerprint density at radius 2 is 1.65 bits per heavy atom. The van der Waals surface area contributed by atoms with E-state index in [1.807, 2.05) is 36.4 Å². The van der Waals surface area contributed by atoms with Crippen LogP contribution in [-0.4, -0.2) is 96.2 Å². The van der Waals surface area contributed by atoms with Gasteiger partial charge in [0.15, 0.2) is 23.2 Å². The highest BCUT2D eigenvalue weighted by Crippen LogP contribution is 2.33. The molecule has 0 spiro atoms. The van der Waals surface area contributed by atoms with Crippen molar-refractivity contribution in [1.29, 1.82) is 0 Å². The Labute approximate surface area is 249 Å². The molecule has 0 amide bonds. The van der Waals surface area contributed by atoms with Gasteiger partial charge in [-0.1, -0.05) is 60.7 Å². The van der Waals surface area contributed by atoms with Crippen molar-refractivity contribution in [2.24, 2.45) is 0 Å². The number of ether oxygens (including phenoxy) is 3. The summed E-state index contributed by atoms with van der Waals surface area (Å²) in [6, 6.07) is 20.1. The molecule has 5 rings (SSSR count). The Morgan fingerprint density at radius 3 is 2.28 bits per heavy atom. The molecule has 0 aliphatic carbocycles. The van der Waals surface area contributed by atoms with Gasteiger partial charge in [0, 0.05) is 26.7 Å². The molecule has 3 heterocycles. The summed E-state index contributed by atoms with van der Waals surface area (Å²) >= 11 is 0. The van der Waals surface area contributed by atoms with Crippen molar-refractivity contribution in [3.05, 3.63) is 83.9 Å². The number of hydrogen-bond donors (Lipinski definition) is 4. The average Bonchev–Trinajstić information content (AvgIpc) is 3.57. The van der Waals surface area contributed by atoms with Gasteiger partial charge in [-0.2, -0.15) is 0 Å². The number of methoxy groups -OCH3 is 2. The summed E-state index contributed by atoms with van der Waals surface area (Å²) in [6.45, 7) is 0.379. The fourth-order valence-electron chi connectivity index (χ4n) is 5.05. The van der Waals surface area contributed by atoms with Gasteiger partial charge in [0.05, 0.1) is 31.8 Å². The van der Waals surface area contributed by atoms with E-state index in [1.165, 1.54) is 25.1 Å². The number of nitrogens with one attached hydrogen (secondary N) is 2. The van der Waals surface area contributed by atoms with Crippen molar-refractivity contribution in [2.75, 3.05) is 45.0 Å². The molecule has 0 radical (unpaired) electrons. The molecule has 13 nitrogen and oxygen atoms in total. The number of imidazole rings is 1. The van der Waals surface area contributed by atoms with Gasteiger partial charge in [-0.05, 0) is 11.1 Å². The fourth-order valence-corrected chi connectivity index (χ4v) is 5.93. The molecule has 14 heteroatoms. The van der Waals surface area contributed by atoms with Gasteiger partial charge in [-0.25, -0.2) is 28.1 Å². The van der Waals surface area contributed by atoms with Gasteiger partial charge in [0.1, 0.15) is 24.1 Å². The van der Waals surface area contributed by atoms with Crippen LogP contribution in [0, 0.1) is 0 Å². The molecule has 4 aromatic rings. The smallest absolute Gasteiger partial charge is 0.214 e. The number of rotatable bonds is 14. The number of hydrogen-bond acceptors (Lipinski definition) is 11. The molecular weight excluding hydrogens is 576 g/mol. The third kappa shape index (κ3) is 7.18. The van der Waals surface area contributed by atoms with Gasteiger partial charge in [-0.3, -0.25) is 4.57 Å². The molecule has 2 aromatic heterocycles. The Kier molecular flexibility index (Phi) is 9.97. The van der Waals surface area contributed by atoms with Crippen LogP contribution in [0.15, 0.2) is 67.0 Å². The second-order valence-corrected chi connectivity index (χ2v) is 12.1. The molecule has 0 saturated carbocycles. The maximum Gasteiger partial charge on any atom is 0.214 e. The second-order valence-electron chi connectivity index (χ2n) is 10.2. The van der Waals surface area contributed by atoms with Crippen LogP contribution in [0.1, 0.15) is 29.1 Å². The van der Waals surface area contributed by atoms with Crippen LogP contribution in [-0.2, 0) is 30.8 Å². The van der Waals surface area contributed by atoms with Crippen LogP contribution in [0.25, 0.3) is 11.2 Å². The molecule has 43 heavy (non-hydrogen) atoms. The molecule has 4 N–H and O–H groups in total. The lowest BCUT2D eigenvalue weighted by atomic mass is 9.91. The van der Waals surface area contributed by atoms with E-state index in [4.69, 9.17) is 14.2 Å². The summed E-state index contributed by atoms with van der Waals surface area (Å²) in [6.07, 6.45) is -2.77. The summed E-state index contributed by atoms with van der Waals surface area (Å²) in [5.41, 5.74) is 2.90. The largest absolute Gasteiger partial charge is 0.387 e. The number of aliphatic hydroxyl groups excluding tert-OH is 2. The maximum absolute atomic E-state index is 12.5. The number of anilines is 1. The molecule has 2 aromatic carbocycles. The quantitative estimate of drug-likeness (QED) is 0.162. The lowest BCUT2D eigenvalue weighted by molar-refractivity contribution is -0.0580. The van der Waals surface area contributed by atoms with Crippen molar-refractivity contribution in [3.63, 3.8) is 0 Å². The Bertz CT molecular complexity index is 1550. The number of nitrogens with zero attached hydrogens (tertiary/aromatic N) is 4. The van der Waals surface area contributed by atoms with E-state index in [9.17, 15) is 18.6 Å². The van der Waals surface area contributed by atoms with E-state index in [1.54, 1.807) is 0 Å². The molecular formula is C29H36N6O7S. The molecule has 230 valence electrons. The van der Waals surface area contributed by atoms with Crippen LogP contribution in [0.2, 0.25) is 0 Å². The van der Waals surface area contributed by atoms with Gasteiger partial charge in [0.25, 0.3) is 0 Å². The van der Waals surface area contributed by atoms with E-state index >= 15 is 0 Å². The molecule has 1 fully saturated rings. The van der Waals surface area contributed by atoms with Crippen molar-refractivity contribution in [3.8, 4) is 0 Å². The molecule has 0 bridgehead atoms. The van der Waals surface area contributed by atoms with Crippen molar-refractivity contribution in [1.82, 2.24) is 24.2 Å². The third-order valence-corrected chi connectivity index (χ3v) is 8.58. The third-order valence-electron chi connectivity index (χ3n) is 7.29. The van der Waals surface area contributed by atoms with E-state index < -0.39 is 34.6 Å². The number of aromatic nitrogens is 4. The van der Waals surface area contributed by atoms with E-state index in [-0.39, 0.29) is 37.3 Å². The normalized spacial score (nSPS) is 20.7. The van der Waals surface area contributed by atoms with Gasteiger partial charge in [-0.15, -0.1) is 0 Å². The van der Waals surface area contributed by atoms with Crippen LogP contribution in [0.4, 0.5) is 5.82 Å². The second kappa shape index (κ2) is 13.9. The van der Waals surface area contributed by atoms with Crippen molar-refractivity contribution < 1.29 is 32.8 Å². The zero-order chi connectivity index (χ0) is 30.4. The minimum atomic E-state index is -3.66. The first-order valence-corrected chi connectivity index (χ1v) is 15.5. The highest BCUT2D eigenvalue weighted by molar-refractivity contribution is 7.89. The standard InChI is InChI=1S/C29H36N6O7S/c1-40-13-14-43(38,39)32-16-23-33-27(30-15-21(19-9-5-3-6-10-19)20-11-7-4-8-12-20)24-28(34-23)35(18-31-24)29-26(37)25(36)22(42-29)17-41-2/h3-12,18,21-22,25-26,29,32,36-37H,13-17H2,1-2H3,(H,30,33,34). The van der Waals surface area contributed by atoms with E-state index in [0.717, 1.165) is 11.1 Å². The summed E-state index contributed by atoms with van der Waals surface area (Å²) in [5, 5.41) is 24.7. The first-order chi connectivity index (χ1) is 20.8. The van der Waals surface area contributed by atoms with Crippen LogP contribution >= 0.6 is 0 Å². The summed E-state index contributed by atoms with van der Waals surface area (Å²) in [7, 11) is -0.751. The topological polar surface area (TPSA) is 170 Å². The van der Waals surface area contributed by atoms with Crippen LogP contribution in [0.5, 0.6) is 0 Å². The maximum atomic E-state index is 12.5. The first kappa shape index (κ1) is 30.9. The highest BCUT2D eigenvalue weighted by atomic mass is 32.2. The Hall–Kier alpha value is -3.50. The number of aliphatic hydroxyl groups is 2. The molecule has 1 aliphatic rings. The lowest BCUT2D eigenvalue weighted by Crippen LogP contribution is -2.33. The van der Waals surface area contributed by atoms with Crippen molar-refractivity contribution in [2.45, 2.75) is 37.0 Å². The summed E-state index contributed by atoms with van der Waals surface area (Å²) in [5.74, 6) is 0.310. The fraction of sp³-hybridized carbons (Fsp3) is 0.414. The van der Waals surface area contributed by atoms with Crippen LogP contribution in [0.3, 0.4) is 0 Å². The minimum Gasteiger partial charge on any atom is -0.387 e.